The first-order valence-electron chi connectivity index (χ1n) is 5.28. The Hall–Kier alpha value is -1.22. The second-order valence-corrected chi connectivity index (χ2v) is 5.86. The average molecular weight is 296 g/mol. The average Bonchev–Trinajstić information content (AvgIpc) is 2.76. The van der Waals surface area contributed by atoms with Crippen molar-refractivity contribution in [3.8, 4) is 6.07 Å². The van der Waals surface area contributed by atoms with Gasteiger partial charge in [-0.2, -0.15) is 5.26 Å². The topological polar surface area (TPSA) is 48.7 Å². The number of anilines is 1. The van der Waals surface area contributed by atoms with Crippen LogP contribution in [0.15, 0.2) is 35.2 Å². The molecule has 0 atom stereocenters. The number of hydrogen-bond donors (Lipinski definition) is 1. The van der Waals surface area contributed by atoms with Crippen molar-refractivity contribution in [3.05, 3.63) is 40.4 Å². The van der Waals surface area contributed by atoms with E-state index < -0.39 is 0 Å². The molecule has 1 aromatic heterocycles. The van der Waals surface area contributed by atoms with Crippen molar-refractivity contribution in [2.45, 2.75) is 4.90 Å². The summed E-state index contributed by atoms with van der Waals surface area (Å²) in [4.78, 5) is 5.77. The van der Waals surface area contributed by atoms with Gasteiger partial charge in [0.15, 0.2) is 10.3 Å². The lowest BCUT2D eigenvalue weighted by atomic mass is 10.4. The predicted octanol–water partition coefficient (Wildman–Crippen LogP) is 3.87. The Morgan fingerprint density at radius 1 is 1.39 bits per heavy atom. The molecule has 0 aliphatic carbocycles. The van der Waals surface area contributed by atoms with E-state index in [2.05, 4.69) is 22.4 Å². The van der Waals surface area contributed by atoms with Crippen molar-refractivity contribution in [3.63, 3.8) is 0 Å². The highest BCUT2D eigenvalue weighted by atomic mass is 35.5. The van der Waals surface area contributed by atoms with E-state index >= 15 is 0 Å². The Bertz CT molecular complexity index is 548. The molecule has 2 rings (SSSR count). The van der Waals surface area contributed by atoms with Crippen LogP contribution >= 0.6 is 34.7 Å². The Morgan fingerprint density at radius 3 is 2.83 bits per heavy atom. The number of nitrogens with zero attached hydrogens (tertiary/aromatic N) is 2. The number of aromatic nitrogens is 1. The molecule has 0 spiro atoms. The fourth-order valence-electron chi connectivity index (χ4n) is 1.29. The van der Waals surface area contributed by atoms with Crippen LogP contribution in [0.5, 0.6) is 0 Å². The summed E-state index contributed by atoms with van der Waals surface area (Å²) in [5.41, 5.74) is 0. The molecule has 0 radical (unpaired) electrons. The molecule has 0 fully saturated rings. The summed E-state index contributed by atoms with van der Waals surface area (Å²) in [5.74, 6) is 0.934. The number of thiazole rings is 1. The van der Waals surface area contributed by atoms with Crippen molar-refractivity contribution >= 4 is 39.8 Å². The molecule has 2 aromatic rings. The van der Waals surface area contributed by atoms with Crippen LogP contribution in [0, 0.1) is 11.3 Å². The zero-order chi connectivity index (χ0) is 12.8. The van der Waals surface area contributed by atoms with Gasteiger partial charge in [0.2, 0.25) is 0 Å². The smallest absolute Gasteiger partial charge is 0.185 e. The third-order valence-electron chi connectivity index (χ3n) is 2.08. The standard InChI is InChI=1S/C12H10ClN3S2/c13-11-10(8-14)18-12(16-11)15-6-7-17-9-4-2-1-3-5-9/h1-5H,6-7H2,(H,15,16). The molecule has 3 nitrogen and oxygen atoms in total. The highest BCUT2D eigenvalue weighted by molar-refractivity contribution is 7.99. The Morgan fingerprint density at radius 2 is 2.17 bits per heavy atom. The minimum Gasteiger partial charge on any atom is -0.361 e. The van der Waals surface area contributed by atoms with Gasteiger partial charge in [0.1, 0.15) is 10.9 Å². The monoisotopic (exact) mass is 295 g/mol. The molecule has 1 heterocycles. The lowest BCUT2D eigenvalue weighted by molar-refractivity contribution is 1.20. The van der Waals surface area contributed by atoms with Crippen LogP contribution < -0.4 is 5.32 Å². The lowest BCUT2D eigenvalue weighted by Gasteiger charge is -2.02. The minimum atomic E-state index is 0.278. The molecular formula is C12H10ClN3S2. The normalized spacial score (nSPS) is 10.0. The first kappa shape index (κ1) is 13.2. The van der Waals surface area contributed by atoms with E-state index in [9.17, 15) is 0 Å². The molecule has 0 unspecified atom stereocenters. The van der Waals surface area contributed by atoms with Crippen molar-refractivity contribution in [1.82, 2.24) is 4.98 Å². The van der Waals surface area contributed by atoms with Crippen LogP contribution in [0.1, 0.15) is 4.88 Å². The van der Waals surface area contributed by atoms with Gasteiger partial charge in [0, 0.05) is 17.2 Å². The molecule has 6 heteroatoms. The van der Waals surface area contributed by atoms with Crippen LogP contribution in [0.25, 0.3) is 0 Å². The summed E-state index contributed by atoms with van der Waals surface area (Å²) < 4.78 is 0. The second kappa shape index (κ2) is 6.64. The summed E-state index contributed by atoms with van der Waals surface area (Å²) in [6.07, 6.45) is 0. The summed E-state index contributed by atoms with van der Waals surface area (Å²) in [5, 5.41) is 12.9. The van der Waals surface area contributed by atoms with E-state index in [-0.39, 0.29) is 5.15 Å². The van der Waals surface area contributed by atoms with Crippen LogP contribution in [0.3, 0.4) is 0 Å². The maximum absolute atomic E-state index is 8.76. The molecule has 18 heavy (non-hydrogen) atoms. The number of benzene rings is 1. The number of thioether (sulfide) groups is 1. The molecular weight excluding hydrogens is 286 g/mol. The fourth-order valence-corrected chi connectivity index (χ4v) is 3.05. The van der Waals surface area contributed by atoms with Gasteiger partial charge in [-0.3, -0.25) is 0 Å². The number of nitrogens with one attached hydrogen (secondary N) is 1. The van der Waals surface area contributed by atoms with Crippen LogP contribution in [0.2, 0.25) is 5.15 Å². The van der Waals surface area contributed by atoms with E-state index in [1.165, 1.54) is 16.2 Å². The zero-order valence-corrected chi connectivity index (χ0v) is 11.8. The molecule has 0 aliphatic heterocycles. The predicted molar refractivity (Wildman–Crippen MR) is 77.5 cm³/mol. The van der Waals surface area contributed by atoms with Crippen LogP contribution in [-0.4, -0.2) is 17.3 Å². The van der Waals surface area contributed by atoms with Gasteiger partial charge in [-0.25, -0.2) is 4.98 Å². The van der Waals surface area contributed by atoms with Crippen molar-refractivity contribution in [2.75, 3.05) is 17.6 Å². The van der Waals surface area contributed by atoms with Gasteiger partial charge in [-0.1, -0.05) is 41.1 Å². The molecule has 0 saturated heterocycles. The molecule has 0 aliphatic rings. The Kier molecular flexibility index (Phi) is 4.88. The Balaban J connectivity index is 1.77. The Labute approximate surface area is 119 Å². The van der Waals surface area contributed by atoms with E-state index in [4.69, 9.17) is 16.9 Å². The number of rotatable bonds is 5. The SMILES string of the molecule is N#Cc1sc(NCCSc2ccccc2)nc1Cl. The molecule has 0 saturated carbocycles. The van der Waals surface area contributed by atoms with Crippen LogP contribution in [0.4, 0.5) is 5.13 Å². The minimum absolute atomic E-state index is 0.278. The molecule has 1 N–H and O–H groups in total. The molecule has 0 bridgehead atoms. The van der Waals surface area contributed by atoms with Gasteiger partial charge in [-0.05, 0) is 12.1 Å². The second-order valence-electron chi connectivity index (χ2n) is 3.34. The maximum atomic E-state index is 8.76. The molecule has 0 amide bonds. The van der Waals surface area contributed by atoms with Gasteiger partial charge in [-0.15, -0.1) is 11.8 Å². The molecule has 1 aromatic carbocycles. The summed E-state index contributed by atoms with van der Waals surface area (Å²) in [7, 11) is 0. The number of hydrogen-bond acceptors (Lipinski definition) is 5. The first-order valence-corrected chi connectivity index (χ1v) is 7.46. The quantitative estimate of drug-likeness (QED) is 0.672. The fraction of sp³-hybridized carbons (Fsp3) is 0.167. The first-order chi connectivity index (χ1) is 8.79. The van der Waals surface area contributed by atoms with Gasteiger partial charge >= 0.3 is 0 Å². The lowest BCUT2D eigenvalue weighted by Crippen LogP contribution is -2.03. The van der Waals surface area contributed by atoms with E-state index in [0.717, 1.165) is 12.3 Å². The number of halogens is 1. The van der Waals surface area contributed by atoms with E-state index in [1.54, 1.807) is 11.8 Å². The maximum Gasteiger partial charge on any atom is 0.185 e. The van der Waals surface area contributed by atoms with E-state index in [1.807, 2.05) is 24.3 Å². The summed E-state index contributed by atoms with van der Waals surface area (Å²) >= 11 is 8.84. The largest absolute Gasteiger partial charge is 0.361 e. The number of nitriles is 1. The summed E-state index contributed by atoms with van der Waals surface area (Å²) in [6, 6.07) is 12.2. The molecule has 92 valence electrons. The van der Waals surface area contributed by atoms with Crippen LogP contribution in [-0.2, 0) is 0 Å². The highest BCUT2D eigenvalue weighted by Gasteiger charge is 2.07. The van der Waals surface area contributed by atoms with E-state index in [0.29, 0.717) is 10.0 Å². The third-order valence-corrected chi connectivity index (χ3v) is 4.39. The van der Waals surface area contributed by atoms with Crippen molar-refractivity contribution in [2.24, 2.45) is 0 Å². The van der Waals surface area contributed by atoms with Gasteiger partial charge in [0.25, 0.3) is 0 Å². The van der Waals surface area contributed by atoms with Crippen molar-refractivity contribution < 1.29 is 0 Å². The highest BCUT2D eigenvalue weighted by Crippen LogP contribution is 2.26. The zero-order valence-electron chi connectivity index (χ0n) is 9.39. The third kappa shape index (κ3) is 3.64. The summed E-state index contributed by atoms with van der Waals surface area (Å²) in [6.45, 7) is 0.786. The van der Waals surface area contributed by atoms with Gasteiger partial charge in [0.05, 0.1) is 0 Å². The van der Waals surface area contributed by atoms with Gasteiger partial charge < -0.3 is 5.32 Å². The van der Waals surface area contributed by atoms with Crippen molar-refractivity contribution in [1.29, 1.82) is 5.26 Å².